The third kappa shape index (κ3) is 9.97. The Kier molecular flexibility index (Phi) is 12.1. The van der Waals surface area contributed by atoms with Crippen LogP contribution in [0, 0.1) is 17.8 Å². The van der Waals surface area contributed by atoms with E-state index in [9.17, 15) is 0 Å². The molecule has 0 aliphatic carbocycles. The second-order valence-electron chi connectivity index (χ2n) is 6.77. The summed E-state index contributed by atoms with van der Waals surface area (Å²) in [6, 6.07) is 0. The van der Waals surface area contributed by atoms with E-state index in [2.05, 4.69) is 34.6 Å². The summed E-state index contributed by atoms with van der Waals surface area (Å²) in [5.74, 6) is 2.66. The maximum atomic E-state index is 2.39. The first kappa shape index (κ1) is 18.0. The van der Waals surface area contributed by atoms with E-state index in [1.165, 1.54) is 64.2 Å². The summed E-state index contributed by atoms with van der Waals surface area (Å²) in [5, 5.41) is 0. The Balaban J connectivity index is 3.33. The fourth-order valence-corrected chi connectivity index (χ4v) is 3.13. The van der Waals surface area contributed by atoms with Gasteiger partial charge >= 0.3 is 0 Å². The molecule has 110 valence electrons. The predicted molar refractivity (Wildman–Crippen MR) is 85.0 cm³/mol. The van der Waals surface area contributed by atoms with Crippen LogP contribution in [0.3, 0.4) is 0 Å². The monoisotopic (exact) mass is 254 g/mol. The Hall–Kier alpha value is 0. The Morgan fingerprint density at radius 3 is 1.33 bits per heavy atom. The first-order chi connectivity index (χ1) is 8.59. The highest BCUT2D eigenvalue weighted by Crippen LogP contribution is 2.26. The van der Waals surface area contributed by atoms with Crippen molar-refractivity contribution in [1.82, 2.24) is 0 Å². The Morgan fingerprint density at radius 2 is 0.944 bits per heavy atom. The van der Waals surface area contributed by atoms with Crippen LogP contribution >= 0.6 is 0 Å². The molecule has 0 saturated carbocycles. The summed E-state index contributed by atoms with van der Waals surface area (Å²) < 4.78 is 0. The largest absolute Gasteiger partial charge is 0.0654 e. The van der Waals surface area contributed by atoms with E-state index in [4.69, 9.17) is 0 Å². The molecule has 0 heterocycles. The lowest BCUT2D eigenvalue weighted by atomic mass is 9.81. The SMILES string of the molecule is CCCCCCCCCCCC(C(C)C)C(C)C. The van der Waals surface area contributed by atoms with Gasteiger partial charge in [0.15, 0.2) is 0 Å². The van der Waals surface area contributed by atoms with Crippen molar-refractivity contribution >= 4 is 0 Å². The average Bonchev–Trinajstić information content (AvgIpc) is 2.30. The molecule has 18 heavy (non-hydrogen) atoms. The zero-order chi connectivity index (χ0) is 13.8. The molecule has 0 heteroatoms. The van der Waals surface area contributed by atoms with Crippen molar-refractivity contribution < 1.29 is 0 Å². The van der Waals surface area contributed by atoms with Crippen LogP contribution in [0.15, 0.2) is 0 Å². The lowest BCUT2D eigenvalue weighted by Gasteiger charge is -2.24. The molecular formula is C18H38. The molecule has 0 aromatic rings. The predicted octanol–water partition coefficient (Wildman–Crippen LogP) is 6.84. The molecule has 0 fully saturated rings. The highest BCUT2D eigenvalue weighted by molar-refractivity contribution is 4.66. The van der Waals surface area contributed by atoms with Crippen molar-refractivity contribution in [2.45, 2.75) is 98.8 Å². The molecule has 0 aromatic carbocycles. The van der Waals surface area contributed by atoms with Crippen LogP contribution < -0.4 is 0 Å². The number of hydrogen-bond acceptors (Lipinski definition) is 0. The van der Waals surface area contributed by atoms with Gasteiger partial charge in [0.05, 0.1) is 0 Å². The maximum Gasteiger partial charge on any atom is -0.0368 e. The van der Waals surface area contributed by atoms with Crippen molar-refractivity contribution in [1.29, 1.82) is 0 Å². The molecule has 0 N–H and O–H groups in total. The molecule has 0 spiro atoms. The van der Waals surface area contributed by atoms with E-state index >= 15 is 0 Å². The van der Waals surface area contributed by atoms with Crippen molar-refractivity contribution in [3.8, 4) is 0 Å². The van der Waals surface area contributed by atoms with Crippen LogP contribution in [-0.4, -0.2) is 0 Å². The van der Waals surface area contributed by atoms with Gasteiger partial charge in [0.2, 0.25) is 0 Å². The highest BCUT2D eigenvalue weighted by atomic mass is 14.2. The van der Waals surface area contributed by atoms with Crippen LogP contribution in [0.1, 0.15) is 98.8 Å². The van der Waals surface area contributed by atoms with Crippen LogP contribution in [0.5, 0.6) is 0 Å². The van der Waals surface area contributed by atoms with Gasteiger partial charge in [-0.1, -0.05) is 92.4 Å². The standard InChI is InChI=1S/C18H38/c1-6-7-8-9-10-11-12-13-14-15-18(16(2)3)17(4)5/h16-18H,6-15H2,1-5H3. The van der Waals surface area contributed by atoms with E-state index in [-0.39, 0.29) is 0 Å². The maximum absolute atomic E-state index is 2.39. The minimum Gasteiger partial charge on any atom is -0.0654 e. The van der Waals surface area contributed by atoms with Crippen LogP contribution in [0.25, 0.3) is 0 Å². The molecule has 0 aliphatic heterocycles. The molecule has 0 aromatic heterocycles. The zero-order valence-corrected chi connectivity index (χ0v) is 13.8. The smallest absolute Gasteiger partial charge is 0.0368 e. The minimum absolute atomic E-state index is 0.860. The van der Waals surface area contributed by atoms with Crippen LogP contribution in [0.4, 0.5) is 0 Å². The van der Waals surface area contributed by atoms with Gasteiger partial charge in [0.25, 0.3) is 0 Å². The summed E-state index contributed by atoms with van der Waals surface area (Å²) in [6.45, 7) is 11.8. The fraction of sp³-hybridized carbons (Fsp3) is 1.00. The molecule has 0 atom stereocenters. The topological polar surface area (TPSA) is 0 Å². The van der Waals surface area contributed by atoms with Crippen molar-refractivity contribution in [2.75, 3.05) is 0 Å². The van der Waals surface area contributed by atoms with Gasteiger partial charge in [-0.3, -0.25) is 0 Å². The second-order valence-corrected chi connectivity index (χ2v) is 6.77. The van der Waals surface area contributed by atoms with Gasteiger partial charge < -0.3 is 0 Å². The molecule has 0 nitrogen and oxygen atoms in total. The van der Waals surface area contributed by atoms with E-state index < -0.39 is 0 Å². The summed E-state index contributed by atoms with van der Waals surface area (Å²) in [4.78, 5) is 0. The number of unbranched alkanes of at least 4 members (excludes halogenated alkanes) is 8. The van der Waals surface area contributed by atoms with Crippen molar-refractivity contribution in [3.05, 3.63) is 0 Å². The molecular weight excluding hydrogens is 216 g/mol. The minimum atomic E-state index is 0.860. The normalized spacial score (nSPS) is 12.0. The first-order valence-electron chi connectivity index (χ1n) is 8.59. The molecule has 0 amide bonds. The fourth-order valence-electron chi connectivity index (χ4n) is 3.13. The van der Waals surface area contributed by atoms with E-state index in [0.717, 1.165) is 17.8 Å². The summed E-state index contributed by atoms with van der Waals surface area (Å²) in [7, 11) is 0. The molecule has 0 unspecified atom stereocenters. The Bertz CT molecular complexity index is 149. The van der Waals surface area contributed by atoms with Crippen molar-refractivity contribution in [3.63, 3.8) is 0 Å². The molecule has 0 saturated heterocycles. The van der Waals surface area contributed by atoms with Crippen LogP contribution in [0.2, 0.25) is 0 Å². The lowest BCUT2D eigenvalue weighted by Crippen LogP contribution is -2.15. The van der Waals surface area contributed by atoms with E-state index in [1.54, 1.807) is 0 Å². The zero-order valence-electron chi connectivity index (χ0n) is 13.8. The number of rotatable bonds is 12. The summed E-state index contributed by atoms with van der Waals surface area (Å²) >= 11 is 0. The highest BCUT2D eigenvalue weighted by Gasteiger charge is 2.16. The van der Waals surface area contributed by atoms with Crippen molar-refractivity contribution in [2.24, 2.45) is 17.8 Å². The Labute approximate surface area is 117 Å². The van der Waals surface area contributed by atoms with Gasteiger partial charge in [0, 0.05) is 0 Å². The quantitative estimate of drug-likeness (QED) is 0.335. The summed E-state index contributed by atoms with van der Waals surface area (Å²) in [5.41, 5.74) is 0. The summed E-state index contributed by atoms with van der Waals surface area (Å²) in [6.07, 6.45) is 14.5. The van der Waals surface area contributed by atoms with Gasteiger partial charge in [0.1, 0.15) is 0 Å². The second kappa shape index (κ2) is 12.1. The average molecular weight is 255 g/mol. The van der Waals surface area contributed by atoms with Gasteiger partial charge in [-0.15, -0.1) is 0 Å². The molecule has 0 aliphatic rings. The molecule has 0 radical (unpaired) electrons. The van der Waals surface area contributed by atoms with Crippen LogP contribution in [-0.2, 0) is 0 Å². The van der Waals surface area contributed by atoms with Gasteiger partial charge in [-0.2, -0.15) is 0 Å². The first-order valence-corrected chi connectivity index (χ1v) is 8.59. The third-order valence-electron chi connectivity index (χ3n) is 4.35. The lowest BCUT2D eigenvalue weighted by molar-refractivity contribution is 0.261. The van der Waals surface area contributed by atoms with E-state index in [1.807, 2.05) is 0 Å². The molecule has 0 rings (SSSR count). The molecule has 0 bridgehead atoms. The van der Waals surface area contributed by atoms with Gasteiger partial charge in [-0.05, 0) is 24.2 Å². The number of hydrogen-bond donors (Lipinski definition) is 0. The third-order valence-corrected chi connectivity index (χ3v) is 4.35. The van der Waals surface area contributed by atoms with E-state index in [0.29, 0.717) is 0 Å². The Morgan fingerprint density at radius 1 is 0.556 bits per heavy atom. The van der Waals surface area contributed by atoms with Gasteiger partial charge in [-0.25, -0.2) is 0 Å².